The smallest absolute Gasteiger partial charge is 0.227 e. The fourth-order valence-corrected chi connectivity index (χ4v) is 2.32. The van der Waals surface area contributed by atoms with Crippen LogP contribution in [0, 0.1) is 5.92 Å². The predicted molar refractivity (Wildman–Crippen MR) is 62.2 cm³/mol. The molecule has 17 heavy (non-hydrogen) atoms. The Labute approximate surface area is 101 Å². The van der Waals surface area contributed by atoms with E-state index in [-0.39, 0.29) is 5.82 Å². The SMILES string of the molecule is CC(c1noc(CC2CCNC2)n1)S(C)(=O)=O. The highest BCUT2D eigenvalue weighted by molar-refractivity contribution is 7.90. The summed E-state index contributed by atoms with van der Waals surface area (Å²) in [5, 5.41) is 6.29. The number of nitrogens with one attached hydrogen (secondary N) is 1. The lowest BCUT2D eigenvalue weighted by molar-refractivity contribution is 0.353. The van der Waals surface area contributed by atoms with E-state index in [0.29, 0.717) is 11.8 Å². The zero-order chi connectivity index (χ0) is 12.5. The van der Waals surface area contributed by atoms with Gasteiger partial charge in [-0.15, -0.1) is 0 Å². The zero-order valence-electron chi connectivity index (χ0n) is 10.0. The predicted octanol–water partition coefficient (Wildman–Crippen LogP) is 0.327. The first-order valence-electron chi connectivity index (χ1n) is 5.69. The molecular weight excluding hydrogens is 242 g/mol. The third-order valence-corrected chi connectivity index (χ3v) is 4.61. The number of hydrogen-bond donors (Lipinski definition) is 1. The van der Waals surface area contributed by atoms with Gasteiger partial charge in [-0.2, -0.15) is 4.98 Å². The van der Waals surface area contributed by atoms with Crippen molar-refractivity contribution >= 4 is 9.84 Å². The highest BCUT2D eigenvalue weighted by atomic mass is 32.2. The molecule has 0 aliphatic carbocycles. The molecule has 1 aliphatic rings. The molecule has 6 nitrogen and oxygen atoms in total. The topological polar surface area (TPSA) is 85.1 Å². The number of sulfone groups is 1. The second kappa shape index (κ2) is 4.73. The quantitative estimate of drug-likeness (QED) is 0.838. The van der Waals surface area contributed by atoms with Crippen LogP contribution in [0.1, 0.15) is 30.3 Å². The van der Waals surface area contributed by atoms with E-state index >= 15 is 0 Å². The highest BCUT2D eigenvalue weighted by Crippen LogP contribution is 2.19. The average molecular weight is 259 g/mol. The number of hydrogen-bond acceptors (Lipinski definition) is 6. The van der Waals surface area contributed by atoms with Gasteiger partial charge in [-0.1, -0.05) is 5.16 Å². The van der Waals surface area contributed by atoms with Crippen LogP contribution in [0.2, 0.25) is 0 Å². The standard InChI is InChI=1S/C10H17N3O3S/c1-7(17(2,14)15)10-12-9(16-13-10)5-8-3-4-11-6-8/h7-8,11H,3-6H2,1-2H3. The van der Waals surface area contributed by atoms with Gasteiger partial charge in [0.15, 0.2) is 15.7 Å². The molecule has 2 rings (SSSR count). The van der Waals surface area contributed by atoms with Gasteiger partial charge in [-0.25, -0.2) is 8.42 Å². The summed E-state index contributed by atoms with van der Waals surface area (Å²) in [4.78, 5) is 4.16. The third kappa shape index (κ3) is 3.04. The van der Waals surface area contributed by atoms with Crippen LogP contribution in [-0.4, -0.2) is 37.9 Å². The Hall–Kier alpha value is -0.950. The van der Waals surface area contributed by atoms with Gasteiger partial charge in [0, 0.05) is 12.7 Å². The molecule has 0 amide bonds. The van der Waals surface area contributed by atoms with Gasteiger partial charge in [0.2, 0.25) is 5.89 Å². The van der Waals surface area contributed by atoms with Gasteiger partial charge in [-0.3, -0.25) is 0 Å². The van der Waals surface area contributed by atoms with Crippen molar-refractivity contribution in [1.29, 1.82) is 0 Å². The molecule has 1 saturated heterocycles. The molecule has 1 aromatic heterocycles. The van der Waals surface area contributed by atoms with Gasteiger partial charge >= 0.3 is 0 Å². The first-order chi connectivity index (χ1) is 7.97. The van der Waals surface area contributed by atoms with Crippen molar-refractivity contribution in [2.75, 3.05) is 19.3 Å². The van der Waals surface area contributed by atoms with Crippen LogP contribution in [0.3, 0.4) is 0 Å². The first kappa shape index (κ1) is 12.5. The van der Waals surface area contributed by atoms with Gasteiger partial charge in [-0.05, 0) is 32.4 Å². The van der Waals surface area contributed by atoms with Crippen LogP contribution >= 0.6 is 0 Å². The minimum atomic E-state index is -3.17. The lowest BCUT2D eigenvalue weighted by Crippen LogP contribution is -2.11. The number of rotatable bonds is 4. The first-order valence-corrected chi connectivity index (χ1v) is 7.64. The summed E-state index contributed by atoms with van der Waals surface area (Å²) in [7, 11) is -3.17. The lowest BCUT2D eigenvalue weighted by Gasteiger charge is -2.03. The molecule has 0 spiro atoms. The molecular formula is C10H17N3O3S. The largest absolute Gasteiger partial charge is 0.339 e. The molecule has 7 heteroatoms. The van der Waals surface area contributed by atoms with Crippen LogP contribution in [-0.2, 0) is 16.3 Å². The summed E-state index contributed by atoms with van der Waals surface area (Å²) in [6.45, 7) is 3.55. The van der Waals surface area contributed by atoms with E-state index < -0.39 is 15.1 Å². The van der Waals surface area contributed by atoms with Crippen molar-refractivity contribution in [3.05, 3.63) is 11.7 Å². The van der Waals surface area contributed by atoms with E-state index in [9.17, 15) is 8.42 Å². The Bertz CT molecular complexity index is 477. The zero-order valence-corrected chi connectivity index (χ0v) is 10.8. The maximum Gasteiger partial charge on any atom is 0.227 e. The molecule has 1 aliphatic heterocycles. The van der Waals surface area contributed by atoms with Crippen LogP contribution in [0.5, 0.6) is 0 Å². The summed E-state index contributed by atoms with van der Waals surface area (Å²) >= 11 is 0. The second-order valence-electron chi connectivity index (χ2n) is 4.58. The molecule has 1 aromatic rings. The Balaban J connectivity index is 2.05. The summed E-state index contributed by atoms with van der Waals surface area (Å²) in [5.74, 6) is 1.30. The lowest BCUT2D eigenvalue weighted by atomic mass is 10.1. The number of aromatic nitrogens is 2. The van der Waals surface area contributed by atoms with Crippen molar-refractivity contribution in [2.45, 2.75) is 25.0 Å². The fourth-order valence-electron chi connectivity index (χ4n) is 1.84. The Kier molecular flexibility index (Phi) is 3.48. The van der Waals surface area contributed by atoms with Crippen LogP contribution in [0.4, 0.5) is 0 Å². The number of nitrogens with zero attached hydrogens (tertiary/aromatic N) is 2. The van der Waals surface area contributed by atoms with Gasteiger partial charge in [0.05, 0.1) is 0 Å². The van der Waals surface area contributed by atoms with Crippen molar-refractivity contribution < 1.29 is 12.9 Å². The minimum absolute atomic E-state index is 0.258. The second-order valence-corrected chi connectivity index (χ2v) is 6.95. The molecule has 0 aromatic carbocycles. The molecule has 2 heterocycles. The maximum atomic E-state index is 11.4. The third-order valence-electron chi connectivity index (χ3n) is 3.12. The summed E-state index contributed by atoms with van der Waals surface area (Å²) in [5.41, 5.74) is 0. The van der Waals surface area contributed by atoms with Crippen LogP contribution in [0.15, 0.2) is 4.52 Å². The monoisotopic (exact) mass is 259 g/mol. The van der Waals surface area contributed by atoms with Gasteiger partial charge in [0.25, 0.3) is 0 Å². The van der Waals surface area contributed by atoms with E-state index in [0.717, 1.165) is 25.9 Å². The van der Waals surface area contributed by atoms with Crippen molar-refractivity contribution in [3.63, 3.8) is 0 Å². The highest BCUT2D eigenvalue weighted by Gasteiger charge is 2.24. The fraction of sp³-hybridized carbons (Fsp3) is 0.800. The van der Waals surface area contributed by atoms with Crippen molar-refractivity contribution in [2.24, 2.45) is 5.92 Å². The van der Waals surface area contributed by atoms with E-state index in [1.807, 2.05) is 0 Å². The van der Waals surface area contributed by atoms with Crippen molar-refractivity contribution in [3.8, 4) is 0 Å². The summed E-state index contributed by atoms with van der Waals surface area (Å²) in [6, 6.07) is 0. The molecule has 1 fully saturated rings. The van der Waals surface area contributed by atoms with Crippen molar-refractivity contribution in [1.82, 2.24) is 15.5 Å². The molecule has 1 N–H and O–H groups in total. The summed E-state index contributed by atoms with van der Waals surface area (Å²) in [6.07, 6.45) is 2.99. The average Bonchev–Trinajstić information content (AvgIpc) is 2.87. The van der Waals surface area contributed by atoms with Gasteiger partial charge < -0.3 is 9.84 Å². The Morgan fingerprint density at radius 1 is 1.59 bits per heavy atom. The summed E-state index contributed by atoms with van der Waals surface area (Å²) < 4.78 is 27.8. The van der Waals surface area contributed by atoms with E-state index in [1.165, 1.54) is 6.26 Å². The molecule has 2 atom stereocenters. The van der Waals surface area contributed by atoms with E-state index in [1.54, 1.807) is 6.92 Å². The van der Waals surface area contributed by atoms with Gasteiger partial charge in [0.1, 0.15) is 5.25 Å². The van der Waals surface area contributed by atoms with E-state index in [2.05, 4.69) is 15.5 Å². The Morgan fingerprint density at radius 3 is 2.94 bits per heavy atom. The van der Waals surface area contributed by atoms with Crippen LogP contribution in [0.25, 0.3) is 0 Å². The van der Waals surface area contributed by atoms with Crippen LogP contribution < -0.4 is 5.32 Å². The minimum Gasteiger partial charge on any atom is -0.339 e. The molecule has 0 saturated carbocycles. The van der Waals surface area contributed by atoms with E-state index in [4.69, 9.17) is 4.52 Å². The maximum absolute atomic E-state index is 11.4. The molecule has 96 valence electrons. The normalized spacial score (nSPS) is 22.8. The molecule has 0 bridgehead atoms. The Morgan fingerprint density at radius 2 is 2.35 bits per heavy atom. The molecule has 2 unspecified atom stereocenters. The molecule has 0 radical (unpaired) electrons.